The molecule has 2 heteroatoms. The van der Waals surface area contributed by atoms with Crippen LogP contribution in [0.25, 0.3) is 0 Å². The van der Waals surface area contributed by atoms with Gasteiger partial charge in [0.15, 0.2) is 0 Å². The molecule has 1 aromatic rings. The maximum absolute atomic E-state index is 6.14. The lowest BCUT2D eigenvalue weighted by molar-refractivity contribution is 0.343. The molecule has 0 saturated heterocycles. The molecule has 0 bridgehead atoms. The third-order valence-electron chi connectivity index (χ3n) is 8.16. The van der Waals surface area contributed by atoms with Crippen molar-refractivity contribution in [3.05, 3.63) is 29.8 Å². The van der Waals surface area contributed by atoms with Crippen LogP contribution >= 0.6 is 11.8 Å². The summed E-state index contributed by atoms with van der Waals surface area (Å²) in [5.74, 6) is 5.24. The fourth-order valence-electron chi connectivity index (χ4n) is 5.62. The molecule has 0 spiro atoms. The van der Waals surface area contributed by atoms with E-state index >= 15 is 0 Å². The van der Waals surface area contributed by atoms with Gasteiger partial charge in [0.1, 0.15) is 5.75 Å². The van der Waals surface area contributed by atoms with Gasteiger partial charge in [-0.1, -0.05) is 155 Å². The Morgan fingerprint density at radius 1 is 0.553 bits per heavy atom. The van der Waals surface area contributed by atoms with E-state index in [4.69, 9.17) is 4.74 Å². The largest absolute Gasteiger partial charge is 0.493 e. The standard InChI is InChI=1S/C36H66OS/c1-5-9-13-17-21-33(22-18-14-10-6-2)31-34-25-27-36(28-26-34)37-29-30-38-32-35(23-19-15-11-7-3)24-20-16-12-8-4/h25-28,33,35H,5-24,29-32H2,1-4H3. The second kappa shape index (κ2) is 26.6. The molecular formula is C36H66OS. The molecule has 0 atom stereocenters. The van der Waals surface area contributed by atoms with Crippen molar-refractivity contribution in [2.45, 2.75) is 163 Å². The Bertz CT molecular complexity index is 574. The number of ether oxygens (including phenoxy) is 1. The number of rotatable bonds is 28. The molecule has 0 radical (unpaired) electrons. The van der Waals surface area contributed by atoms with E-state index in [1.165, 1.54) is 146 Å². The highest BCUT2D eigenvalue weighted by atomic mass is 32.2. The summed E-state index contributed by atoms with van der Waals surface area (Å²) in [4.78, 5) is 0. The fourth-order valence-corrected chi connectivity index (χ4v) is 6.66. The summed E-state index contributed by atoms with van der Waals surface area (Å²) in [6, 6.07) is 9.09. The first-order chi connectivity index (χ1) is 18.7. The minimum absolute atomic E-state index is 0.833. The van der Waals surface area contributed by atoms with Gasteiger partial charge >= 0.3 is 0 Å². The van der Waals surface area contributed by atoms with E-state index in [0.29, 0.717) is 0 Å². The third kappa shape index (κ3) is 20.3. The molecule has 0 aliphatic heterocycles. The van der Waals surface area contributed by atoms with E-state index in [2.05, 4.69) is 63.7 Å². The quantitative estimate of drug-likeness (QED) is 0.0966. The number of unbranched alkanes of at least 4 members (excludes halogenated alkanes) is 12. The zero-order valence-corrected chi connectivity index (χ0v) is 27.1. The summed E-state index contributed by atoms with van der Waals surface area (Å²) in [6.45, 7) is 10.1. The summed E-state index contributed by atoms with van der Waals surface area (Å²) < 4.78 is 6.14. The van der Waals surface area contributed by atoms with Gasteiger partial charge in [-0.3, -0.25) is 0 Å². The Morgan fingerprint density at radius 3 is 1.45 bits per heavy atom. The van der Waals surface area contributed by atoms with Crippen LogP contribution in [0.4, 0.5) is 0 Å². The van der Waals surface area contributed by atoms with Gasteiger partial charge in [0.25, 0.3) is 0 Å². The minimum atomic E-state index is 0.833. The lowest BCUT2D eigenvalue weighted by Gasteiger charge is -2.18. The first-order valence-electron chi connectivity index (χ1n) is 17.0. The molecule has 0 aliphatic rings. The number of benzene rings is 1. The van der Waals surface area contributed by atoms with Crippen LogP contribution in [-0.2, 0) is 6.42 Å². The van der Waals surface area contributed by atoms with Crippen molar-refractivity contribution >= 4 is 11.8 Å². The van der Waals surface area contributed by atoms with Gasteiger partial charge in [-0.2, -0.15) is 11.8 Å². The summed E-state index contributed by atoms with van der Waals surface area (Å²) in [6.07, 6.45) is 29.2. The van der Waals surface area contributed by atoms with Gasteiger partial charge in [-0.25, -0.2) is 0 Å². The van der Waals surface area contributed by atoms with Crippen LogP contribution in [0, 0.1) is 11.8 Å². The minimum Gasteiger partial charge on any atom is -0.493 e. The number of thioether (sulfide) groups is 1. The van der Waals surface area contributed by atoms with Crippen molar-refractivity contribution in [3.63, 3.8) is 0 Å². The maximum atomic E-state index is 6.14. The molecule has 1 rings (SSSR count). The molecule has 0 unspecified atom stereocenters. The first-order valence-corrected chi connectivity index (χ1v) is 18.2. The van der Waals surface area contributed by atoms with E-state index in [0.717, 1.165) is 29.9 Å². The summed E-state index contributed by atoms with van der Waals surface area (Å²) >= 11 is 2.12. The van der Waals surface area contributed by atoms with E-state index in [1.54, 1.807) is 0 Å². The Hall–Kier alpha value is -0.630. The molecule has 0 aromatic heterocycles. The Kier molecular flexibility index (Phi) is 24.8. The Labute approximate surface area is 244 Å². The highest BCUT2D eigenvalue weighted by Crippen LogP contribution is 2.25. The van der Waals surface area contributed by atoms with Crippen molar-refractivity contribution in [2.75, 3.05) is 18.1 Å². The first kappa shape index (κ1) is 35.4. The molecule has 0 N–H and O–H groups in total. The normalized spacial score (nSPS) is 11.6. The fraction of sp³-hybridized carbons (Fsp3) is 0.833. The van der Waals surface area contributed by atoms with Crippen LogP contribution in [0.15, 0.2) is 24.3 Å². The van der Waals surface area contributed by atoms with Crippen LogP contribution in [-0.4, -0.2) is 18.1 Å². The van der Waals surface area contributed by atoms with Crippen LogP contribution in [0.2, 0.25) is 0 Å². The third-order valence-corrected chi connectivity index (χ3v) is 9.32. The predicted octanol–water partition coefficient (Wildman–Crippen LogP) is 12.5. The molecule has 0 saturated carbocycles. The highest BCUT2D eigenvalue weighted by Gasteiger charge is 2.11. The molecule has 1 nitrogen and oxygen atoms in total. The van der Waals surface area contributed by atoms with Gasteiger partial charge < -0.3 is 4.74 Å². The second-order valence-corrected chi connectivity index (χ2v) is 13.1. The molecule has 0 amide bonds. The van der Waals surface area contributed by atoms with Crippen molar-refractivity contribution in [3.8, 4) is 5.75 Å². The lowest BCUT2D eigenvalue weighted by atomic mass is 9.89. The van der Waals surface area contributed by atoms with Gasteiger partial charge in [0.2, 0.25) is 0 Å². The van der Waals surface area contributed by atoms with E-state index in [-0.39, 0.29) is 0 Å². The molecule has 0 fully saturated rings. The number of hydrogen-bond donors (Lipinski definition) is 0. The molecule has 38 heavy (non-hydrogen) atoms. The van der Waals surface area contributed by atoms with E-state index in [1.807, 2.05) is 0 Å². The molecular weight excluding hydrogens is 480 g/mol. The van der Waals surface area contributed by atoms with Crippen LogP contribution in [0.3, 0.4) is 0 Å². The van der Waals surface area contributed by atoms with Crippen molar-refractivity contribution < 1.29 is 4.74 Å². The molecule has 0 heterocycles. The Morgan fingerprint density at radius 2 is 1.00 bits per heavy atom. The van der Waals surface area contributed by atoms with Crippen LogP contribution in [0.5, 0.6) is 5.75 Å². The lowest BCUT2D eigenvalue weighted by Crippen LogP contribution is -2.08. The number of hydrogen-bond acceptors (Lipinski definition) is 2. The highest BCUT2D eigenvalue weighted by molar-refractivity contribution is 7.99. The van der Waals surface area contributed by atoms with Crippen molar-refractivity contribution in [2.24, 2.45) is 11.8 Å². The SMILES string of the molecule is CCCCCCC(CCCCCC)CSCCOc1ccc(CC(CCCCCC)CCCCCC)cc1. The van der Waals surface area contributed by atoms with Crippen molar-refractivity contribution in [1.82, 2.24) is 0 Å². The summed E-state index contributed by atoms with van der Waals surface area (Å²) in [7, 11) is 0. The average molecular weight is 547 g/mol. The topological polar surface area (TPSA) is 9.23 Å². The average Bonchev–Trinajstić information content (AvgIpc) is 2.93. The van der Waals surface area contributed by atoms with E-state index in [9.17, 15) is 0 Å². The van der Waals surface area contributed by atoms with Gasteiger partial charge in [-0.05, 0) is 54.5 Å². The predicted molar refractivity (Wildman–Crippen MR) is 175 cm³/mol. The summed E-state index contributed by atoms with van der Waals surface area (Å²) in [5.41, 5.74) is 1.50. The smallest absolute Gasteiger partial charge is 0.119 e. The second-order valence-electron chi connectivity index (χ2n) is 11.9. The van der Waals surface area contributed by atoms with Gasteiger partial charge in [0, 0.05) is 5.75 Å². The zero-order chi connectivity index (χ0) is 27.5. The molecule has 222 valence electrons. The molecule has 0 aliphatic carbocycles. The van der Waals surface area contributed by atoms with Gasteiger partial charge in [-0.15, -0.1) is 0 Å². The summed E-state index contributed by atoms with van der Waals surface area (Å²) in [5, 5.41) is 0. The Balaban J connectivity index is 2.36. The van der Waals surface area contributed by atoms with E-state index < -0.39 is 0 Å². The monoisotopic (exact) mass is 546 g/mol. The maximum Gasteiger partial charge on any atom is 0.119 e. The molecule has 1 aromatic carbocycles. The van der Waals surface area contributed by atoms with Crippen LogP contribution in [0.1, 0.15) is 162 Å². The van der Waals surface area contributed by atoms with Gasteiger partial charge in [0.05, 0.1) is 6.61 Å². The zero-order valence-electron chi connectivity index (χ0n) is 26.3. The van der Waals surface area contributed by atoms with Crippen molar-refractivity contribution in [1.29, 1.82) is 0 Å². The van der Waals surface area contributed by atoms with Crippen LogP contribution < -0.4 is 4.74 Å².